The Hall–Kier alpha value is -1.30. The van der Waals surface area contributed by atoms with Gasteiger partial charge in [-0.05, 0) is 17.8 Å². The second-order valence-electron chi connectivity index (χ2n) is 7.16. The van der Waals surface area contributed by atoms with Crippen LogP contribution in [0.5, 0.6) is 0 Å². The Balaban J connectivity index is 0.000000569. The predicted octanol–water partition coefficient (Wildman–Crippen LogP) is 0.758. The number of hydrogen-bond donors (Lipinski definition) is 0. The molecule has 1 atom stereocenters. The summed E-state index contributed by atoms with van der Waals surface area (Å²) < 4.78 is 0. The van der Waals surface area contributed by atoms with Gasteiger partial charge in [-0.3, -0.25) is 6.08 Å². The number of aryl methyl sites for hydroxylation is 1. The summed E-state index contributed by atoms with van der Waals surface area (Å²) in [5.74, 6) is 0. The first-order valence-electron chi connectivity index (χ1n) is 9.92. The van der Waals surface area contributed by atoms with Crippen LogP contribution in [0.3, 0.4) is 0 Å². The third-order valence-corrected chi connectivity index (χ3v) is 6.43. The normalized spacial score (nSPS) is 12.2. The molecule has 0 fully saturated rings. The van der Waals surface area contributed by atoms with Gasteiger partial charge in [0, 0.05) is 0 Å². The van der Waals surface area contributed by atoms with E-state index >= 15 is 0 Å². The van der Waals surface area contributed by atoms with Gasteiger partial charge in [0.15, 0.2) is 0 Å². The van der Waals surface area contributed by atoms with Crippen LogP contribution >= 0.6 is 8.58 Å². The van der Waals surface area contributed by atoms with Gasteiger partial charge in [0.25, 0.3) is 0 Å². The molecule has 0 nitrogen and oxygen atoms in total. The first-order chi connectivity index (χ1) is 13.2. The minimum atomic E-state index is 0. The molecule has 1 unspecified atom stereocenters. The molecular weight excluding hydrogens is 472 g/mol. The summed E-state index contributed by atoms with van der Waals surface area (Å²) in [5.41, 5.74) is 4.30. The van der Waals surface area contributed by atoms with Crippen molar-refractivity contribution in [2.24, 2.45) is 0 Å². The fourth-order valence-electron chi connectivity index (χ4n) is 3.32. The van der Waals surface area contributed by atoms with Crippen LogP contribution in [0.2, 0.25) is 0 Å². The van der Waals surface area contributed by atoms with E-state index in [0.717, 1.165) is 15.0 Å². The smallest absolute Gasteiger partial charge is 1.00 e. The average molecular weight is 502 g/mol. The minimum Gasteiger partial charge on any atom is -1.00 e. The van der Waals surface area contributed by atoms with E-state index in [0.29, 0.717) is 0 Å². The minimum absolute atomic E-state index is 0. The zero-order chi connectivity index (χ0) is 19.1. The summed E-state index contributed by atoms with van der Waals surface area (Å²) in [7, 11) is 0.759. The summed E-state index contributed by atoms with van der Waals surface area (Å²) >= 11 is 0. The van der Waals surface area contributed by atoms with Crippen LogP contribution in [0.1, 0.15) is 45.1 Å². The molecule has 0 heterocycles. The molecule has 156 valence electrons. The maximum absolute atomic E-state index is 3.37. The van der Waals surface area contributed by atoms with E-state index in [2.05, 4.69) is 93.6 Å². The molecule has 0 spiro atoms. The first kappa shape index (κ1) is 28.7. The fraction of sp³-hybridized carbons (Fsp3) is 0.269. The van der Waals surface area contributed by atoms with Crippen molar-refractivity contribution in [1.82, 2.24) is 0 Å². The predicted molar refractivity (Wildman–Crippen MR) is 123 cm³/mol. The van der Waals surface area contributed by atoms with Crippen molar-refractivity contribution in [2.75, 3.05) is 0 Å². The van der Waals surface area contributed by atoms with Gasteiger partial charge < -0.3 is 9.41 Å². The molecule has 4 heteroatoms. The fourth-order valence-corrected chi connectivity index (χ4v) is 4.55. The van der Waals surface area contributed by atoms with E-state index in [4.69, 9.17) is 0 Å². The molecule has 4 rings (SSSR count). The number of allylic oxidation sites excluding steroid dienone is 4. The number of unbranched alkanes of at least 4 members (excludes halogenated alkanes) is 1. The van der Waals surface area contributed by atoms with Crippen molar-refractivity contribution in [3.63, 3.8) is 0 Å². The zero-order valence-corrected chi connectivity index (χ0v) is 21.4. The van der Waals surface area contributed by atoms with Crippen LogP contribution in [-0.2, 0) is 26.2 Å². The Morgan fingerprint density at radius 3 is 2.33 bits per heavy atom. The Morgan fingerprint density at radius 2 is 1.70 bits per heavy atom. The average Bonchev–Trinajstić information content (AvgIpc) is 3.27. The molecule has 0 radical (unpaired) electrons. The molecule has 0 amide bonds. The number of halogens is 2. The molecule has 0 bridgehead atoms. The van der Waals surface area contributed by atoms with Gasteiger partial charge in [0.05, 0.1) is 0 Å². The van der Waals surface area contributed by atoms with Crippen molar-refractivity contribution in [1.29, 1.82) is 0 Å². The Labute approximate surface area is 200 Å². The Kier molecular flexibility index (Phi) is 14.0. The van der Waals surface area contributed by atoms with Crippen molar-refractivity contribution >= 4 is 30.0 Å². The molecule has 30 heavy (non-hydrogen) atoms. The van der Waals surface area contributed by atoms with Gasteiger partial charge >= 0.3 is 26.2 Å². The van der Waals surface area contributed by atoms with E-state index in [-0.39, 0.29) is 35.6 Å². The molecular formula is C26H29F2PZr. The van der Waals surface area contributed by atoms with E-state index in [1.165, 1.54) is 57.4 Å². The monoisotopic (exact) mass is 500 g/mol. The summed E-state index contributed by atoms with van der Waals surface area (Å²) in [6.07, 6.45) is 10.5. The van der Waals surface area contributed by atoms with Gasteiger partial charge in [-0.25, -0.2) is 11.1 Å². The zero-order valence-electron chi connectivity index (χ0n) is 17.9. The van der Waals surface area contributed by atoms with Crippen molar-refractivity contribution in [3.05, 3.63) is 89.5 Å². The number of fused-ring (bicyclic) bond motifs is 1. The molecule has 0 aliphatic heterocycles. The quantitative estimate of drug-likeness (QED) is 0.358. The van der Waals surface area contributed by atoms with Crippen LogP contribution in [0.15, 0.2) is 77.9 Å². The van der Waals surface area contributed by atoms with Gasteiger partial charge in [0.1, 0.15) is 0 Å². The van der Waals surface area contributed by atoms with E-state index in [1.54, 1.807) is 0 Å². The van der Waals surface area contributed by atoms with Crippen LogP contribution in [0.25, 0.3) is 10.8 Å². The number of benzene rings is 2. The number of rotatable bonds is 5. The molecule has 1 aliphatic carbocycles. The van der Waals surface area contributed by atoms with Crippen molar-refractivity contribution in [2.45, 2.75) is 46.5 Å². The number of hydrogen-bond acceptors (Lipinski definition) is 0. The van der Waals surface area contributed by atoms with Crippen molar-refractivity contribution in [3.8, 4) is 0 Å². The van der Waals surface area contributed by atoms with Crippen LogP contribution in [0, 0.1) is 13.0 Å². The maximum Gasteiger partial charge on any atom is 4.00 e. The van der Waals surface area contributed by atoms with Crippen molar-refractivity contribution < 1.29 is 35.6 Å². The van der Waals surface area contributed by atoms with E-state index in [1.807, 2.05) is 0 Å². The summed E-state index contributed by atoms with van der Waals surface area (Å²) in [4.78, 5) is 0. The first-order valence-corrected chi connectivity index (χ1v) is 10.9. The Bertz CT molecular complexity index is 923. The second-order valence-corrected chi connectivity index (χ2v) is 8.53. The van der Waals surface area contributed by atoms with Gasteiger partial charge in [-0.15, -0.1) is 53.7 Å². The van der Waals surface area contributed by atoms with Gasteiger partial charge in [0.2, 0.25) is 0 Å². The summed E-state index contributed by atoms with van der Waals surface area (Å²) in [6, 6.07) is 21.8. The van der Waals surface area contributed by atoms with Crippen LogP contribution in [0.4, 0.5) is 0 Å². The molecule has 0 aromatic heterocycles. The topological polar surface area (TPSA) is 0 Å². The molecule has 3 aromatic carbocycles. The third-order valence-electron chi connectivity index (χ3n) is 5.02. The largest absolute Gasteiger partial charge is 4.00 e. The van der Waals surface area contributed by atoms with Gasteiger partial charge in [-0.2, -0.15) is 12.1 Å². The van der Waals surface area contributed by atoms with Gasteiger partial charge in [-0.1, -0.05) is 65.1 Å². The van der Waals surface area contributed by atoms with E-state index in [9.17, 15) is 0 Å². The molecule has 0 N–H and O–H groups in total. The summed E-state index contributed by atoms with van der Waals surface area (Å²) in [6.45, 7) is 6.60. The standard InChI is InChI=1S/C16H14P.C10H15.2FH.Zr/c1-12-6-2-5-9-16(12)17-15-10-13-7-3-4-8-14(13)11-15;1-3-4-7-10-8-5-6-9(10)2;;;/h2-11,17H,1H3;6H,3-5,7H2,1-2H3;2*1H;/q2*-1;;;+4/p-2. The molecule has 1 aliphatic rings. The third kappa shape index (κ3) is 8.09. The molecule has 0 saturated heterocycles. The molecule has 3 aromatic rings. The van der Waals surface area contributed by atoms with Crippen LogP contribution in [-0.4, -0.2) is 0 Å². The second kappa shape index (κ2) is 14.7. The van der Waals surface area contributed by atoms with E-state index < -0.39 is 0 Å². The molecule has 0 saturated carbocycles. The maximum atomic E-state index is 3.37. The Morgan fingerprint density at radius 1 is 1.00 bits per heavy atom. The van der Waals surface area contributed by atoms with Crippen LogP contribution < -0.4 is 20.0 Å². The summed E-state index contributed by atoms with van der Waals surface area (Å²) in [5, 5.41) is 5.58. The SMILES string of the molecule is CCCCC1=[C-]CC=C1C.Cc1ccccc1Pc1cc2ccccc2[cH-]1.[F-].[F-].[Zr+4].